The molecule has 1 fully saturated rings. The summed E-state index contributed by atoms with van der Waals surface area (Å²) in [6.45, 7) is 2.04. The highest BCUT2D eigenvalue weighted by Crippen LogP contribution is 2.44. The standard InChI is InChI=1S/C14H16ClFO2/c1-9-5-6-14(7-9,13(17)18)8-10-3-2-4-11(15)12(10)16/h2-4,9H,5-8H2,1H3,(H,17,18). The van der Waals surface area contributed by atoms with Crippen LogP contribution in [0.3, 0.4) is 0 Å². The molecule has 1 aliphatic rings. The molecular weight excluding hydrogens is 255 g/mol. The Morgan fingerprint density at radius 1 is 1.61 bits per heavy atom. The summed E-state index contributed by atoms with van der Waals surface area (Å²) in [6.07, 6.45) is 2.32. The number of hydrogen-bond acceptors (Lipinski definition) is 1. The molecule has 1 saturated carbocycles. The van der Waals surface area contributed by atoms with Crippen molar-refractivity contribution >= 4 is 17.6 Å². The normalized spacial score (nSPS) is 27.4. The van der Waals surface area contributed by atoms with E-state index in [-0.39, 0.29) is 11.4 Å². The maximum atomic E-state index is 13.9. The van der Waals surface area contributed by atoms with Gasteiger partial charge in [-0.05, 0) is 43.2 Å². The number of carboxylic acids is 1. The van der Waals surface area contributed by atoms with Crippen molar-refractivity contribution in [3.8, 4) is 0 Å². The molecule has 0 radical (unpaired) electrons. The fraction of sp³-hybridized carbons (Fsp3) is 0.500. The first-order chi connectivity index (χ1) is 8.44. The van der Waals surface area contributed by atoms with Crippen LogP contribution in [0.4, 0.5) is 4.39 Å². The fourth-order valence-electron chi connectivity index (χ4n) is 2.87. The Morgan fingerprint density at radius 2 is 2.33 bits per heavy atom. The van der Waals surface area contributed by atoms with E-state index in [9.17, 15) is 14.3 Å². The van der Waals surface area contributed by atoms with Gasteiger partial charge in [-0.1, -0.05) is 30.7 Å². The van der Waals surface area contributed by atoms with Crippen LogP contribution in [0.1, 0.15) is 31.7 Å². The zero-order valence-electron chi connectivity index (χ0n) is 10.2. The Labute approximate surface area is 111 Å². The summed E-state index contributed by atoms with van der Waals surface area (Å²) in [5.41, 5.74) is -0.427. The van der Waals surface area contributed by atoms with Gasteiger partial charge in [0.25, 0.3) is 0 Å². The number of carbonyl (C=O) groups is 1. The second kappa shape index (κ2) is 4.88. The molecular formula is C14H16ClFO2. The molecule has 0 aromatic heterocycles. The Hall–Kier alpha value is -1.09. The summed E-state index contributed by atoms with van der Waals surface area (Å²) in [6, 6.07) is 4.76. The predicted molar refractivity (Wildman–Crippen MR) is 68.2 cm³/mol. The summed E-state index contributed by atoms with van der Waals surface area (Å²) in [5, 5.41) is 9.50. The molecule has 0 bridgehead atoms. The maximum Gasteiger partial charge on any atom is 0.309 e. The SMILES string of the molecule is CC1CCC(Cc2cccc(Cl)c2F)(C(=O)O)C1. The molecule has 0 heterocycles. The van der Waals surface area contributed by atoms with Gasteiger partial charge in [-0.25, -0.2) is 4.39 Å². The molecule has 18 heavy (non-hydrogen) atoms. The zero-order valence-corrected chi connectivity index (χ0v) is 11.0. The van der Waals surface area contributed by atoms with Gasteiger partial charge < -0.3 is 5.11 Å². The van der Waals surface area contributed by atoms with Crippen molar-refractivity contribution in [3.05, 3.63) is 34.6 Å². The van der Waals surface area contributed by atoms with Crippen molar-refractivity contribution in [2.24, 2.45) is 11.3 Å². The molecule has 1 N–H and O–H groups in total. The van der Waals surface area contributed by atoms with E-state index in [4.69, 9.17) is 11.6 Å². The molecule has 2 unspecified atom stereocenters. The van der Waals surface area contributed by atoms with Gasteiger partial charge in [0.15, 0.2) is 0 Å². The van der Waals surface area contributed by atoms with Gasteiger partial charge in [0.1, 0.15) is 5.82 Å². The maximum absolute atomic E-state index is 13.9. The zero-order chi connectivity index (χ0) is 13.3. The third kappa shape index (κ3) is 2.37. The molecule has 0 saturated heterocycles. The lowest BCUT2D eigenvalue weighted by molar-refractivity contribution is -0.148. The van der Waals surface area contributed by atoms with Gasteiger partial charge in [0.2, 0.25) is 0 Å². The lowest BCUT2D eigenvalue weighted by atomic mass is 9.79. The molecule has 1 aromatic rings. The molecule has 2 atom stereocenters. The van der Waals surface area contributed by atoms with Crippen LogP contribution < -0.4 is 0 Å². The monoisotopic (exact) mass is 270 g/mol. The molecule has 2 nitrogen and oxygen atoms in total. The predicted octanol–water partition coefficient (Wildman–Crippen LogP) is 3.91. The van der Waals surface area contributed by atoms with E-state index in [1.807, 2.05) is 6.92 Å². The van der Waals surface area contributed by atoms with Crippen molar-refractivity contribution in [2.75, 3.05) is 0 Å². The van der Waals surface area contributed by atoms with Crippen molar-refractivity contribution < 1.29 is 14.3 Å². The Balaban J connectivity index is 2.30. The molecule has 98 valence electrons. The second-order valence-electron chi connectivity index (χ2n) is 5.32. The highest BCUT2D eigenvalue weighted by Gasteiger charge is 2.44. The average Bonchev–Trinajstić information content (AvgIpc) is 2.68. The summed E-state index contributed by atoms with van der Waals surface area (Å²) in [4.78, 5) is 11.5. The van der Waals surface area contributed by atoms with Crippen molar-refractivity contribution in [1.29, 1.82) is 0 Å². The number of benzene rings is 1. The number of hydrogen-bond donors (Lipinski definition) is 1. The molecule has 0 aliphatic heterocycles. The van der Waals surface area contributed by atoms with Gasteiger partial charge in [-0.15, -0.1) is 0 Å². The van der Waals surface area contributed by atoms with Crippen molar-refractivity contribution in [3.63, 3.8) is 0 Å². The first kappa shape index (κ1) is 13.3. The van der Waals surface area contributed by atoms with Gasteiger partial charge >= 0.3 is 5.97 Å². The minimum atomic E-state index is -0.828. The lowest BCUT2D eigenvalue weighted by Crippen LogP contribution is -2.31. The first-order valence-electron chi connectivity index (χ1n) is 6.11. The van der Waals surface area contributed by atoms with E-state index in [1.165, 1.54) is 6.07 Å². The van der Waals surface area contributed by atoms with Crippen LogP contribution in [0.5, 0.6) is 0 Å². The Bertz CT molecular complexity index is 475. The molecule has 0 amide bonds. The van der Waals surface area contributed by atoms with Crippen molar-refractivity contribution in [1.82, 2.24) is 0 Å². The largest absolute Gasteiger partial charge is 0.481 e. The highest BCUT2D eigenvalue weighted by molar-refractivity contribution is 6.30. The van der Waals surface area contributed by atoms with E-state index in [1.54, 1.807) is 12.1 Å². The van der Waals surface area contributed by atoms with E-state index in [2.05, 4.69) is 0 Å². The summed E-state index contributed by atoms with van der Waals surface area (Å²) in [5.74, 6) is -0.936. The number of rotatable bonds is 3. The smallest absolute Gasteiger partial charge is 0.309 e. The van der Waals surface area contributed by atoms with Gasteiger partial charge in [-0.2, -0.15) is 0 Å². The van der Waals surface area contributed by atoms with Crippen LogP contribution in [0.25, 0.3) is 0 Å². The highest BCUT2D eigenvalue weighted by atomic mass is 35.5. The molecule has 1 aromatic carbocycles. The summed E-state index contributed by atoms with van der Waals surface area (Å²) < 4.78 is 13.9. The van der Waals surface area contributed by atoms with Crippen LogP contribution in [0, 0.1) is 17.2 Å². The first-order valence-corrected chi connectivity index (χ1v) is 6.49. The fourth-order valence-corrected chi connectivity index (χ4v) is 3.07. The van der Waals surface area contributed by atoms with Crippen LogP contribution in [-0.4, -0.2) is 11.1 Å². The van der Waals surface area contributed by atoms with E-state index >= 15 is 0 Å². The number of aliphatic carboxylic acids is 1. The minimum absolute atomic E-state index is 0.0547. The third-order valence-corrected chi connectivity index (χ3v) is 4.16. The molecule has 4 heteroatoms. The molecule has 1 aliphatic carbocycles. The van der Waals surface area contributed by atoms with Crippen LogP contribution >= 0.6 is 11.6 Å². The summed E-state index contributed by atoms with van der Waals surface area (Å²) in [7, 11) is 0. The van der Waals surface area contributed by atoms with Crippen LogP contribution in [-0.2, 0) is 11.2 Å². The third-order valence-electron chi connectivity index (χ3n) is 3.87. The van der Waals surface area contributed by atoms with E-state index < -0.39 is 17.2 Å². The molecule has 2 rings (SSSR count). The van der Waals surface area contributed by atoms with Crippen LogP contribution in [0.2, 0.25) is 5.02 Å². The van der Waals surface area contributed by atoms with E-state index in [0.29, 0.717) is 24.3 Å². The van der Waals surface area contributed by atoms with E-state index in [0.717, 1.165) is 6.42 Å². The Morgan fingerprint density at radius 3 is 2.89 bits per heavy atom. The quantitative estimate of drug-likeness (QED) is 0.904. The summed E-state index contributed by atoms with van der Waals surface area (Å²) >= 11 is 5.73. The lowest BCUT2D eigenvalue weighted by Gasteiger charge is -2.24. The Kier molecular flexibility index (Phi) is 3.62. The van der Waals surface area contributed by atoms with Gasteiger partial charge in [-0.3, -0.25) is 4.79 Å². The second-order valence-corrected chi connectivity index (χ2v) is 5.73. The minimum Gasteiger partial charge on any atom is -0.481 e. The number of carboxylic acid groups (broad SMARTS) is 1. The van der Waals surface area contributed by atoms with Crippen LogP contribution in [0.15, 0.2) is 18.2 Å². The average molecular weight is 271 g/mol. The van der Waals surface area contributed by atoms with Crippen molar-refractivity contribution in [2.45, 2.75) is 32.6 Å². The molecule has 0 spiro atoms. The topological polar surface area (TPSA) is 37.3 Å². The van der Waals surface area contributed by atoms with Gasteiger partial charge in [0, 0.05) is 0 Å². The number of halogens is 2. The van der Waals surface area contributed by atoms with Gasteiger partial charge in [0.05, 0.1) is 10.4 Å².